The third kappa shape index (κ3) is 13.0. The first-order valence-electron chi connectivity index (χ1n) is 12.9. The van der Waals surface area contributed by atoms with Crippen molar-refractivity contribution in [3.63, 3.8) is 0 Å². The van der Waals surface area contributed by atoms with E-state index in [9.17, 15) is 0 Å². The molecule has 210 valence electrons. The van der Waals surface area contributed by atoms with Crippen molar-refractivity contribution in [2.24, 2.45) is 0 Å². The minimum absolute atomic E-state index is 0. The Morgan fingerprint density at radius 2 is 1.00 bits per heavy atom. The molecule has 1 unspecified atom stereocenters. The Balaban J connectivity index is 0.00000135. The minimum Gasteiger partial charge on any atom is -0.672 e. The van der Waals surface area contributed by atoms with E-state index in [2.05, 4.69) is 122 Å². The number of nitrogens with zero attached hydrogens (tertiary/aromatic N) is 5. The summed E-state index contributed by atoms with van der Waals surface area (Å²) in [5.74, 6) is -0.0638. The molecule has 0 radical (unpaired) electrons. The van der Waals surface area contributed by atoms with E-state index >= 15 is 0 Å². The third-order valence-electron chi connectivity index (χ3n) is 5.15. The second kappa shape index (κ2) is 22.5. The van der Waals surface area contributed by atoms with Crippen molar-refractivity contribution in [1.82, 2.24) is 4.98 Å². The van der Waals surface area contributed by atoms with Gasteiger partial charge in [0, 0.05) is 11.9 Å². The molecule has 0 saturated carbocycles. The molecule has 3 aromatic carbocycles. The summed E-state index contributed by atoms with van der Waals surface area (Å²) in [6.45, 7) is 6.45. The molecule has 0 bridgehead atoms. The number of hydrogen-bond donors (Lipinski definition) is 0. The van der Waals surface area contributed by atoms with Crippen LogP contribution in [0.3, 0.4) is 0 Å². The van der Waals surface area contributed by atoms with E-state index in [1.54, 1.807) is 42.3 Å². The molecule has 0 spiro atoms. The molecular formula is C33H44HfN5P. The van der Waals surface area contributed by atoms with Gasteiger partial charge in [0.25, 0.3) is 0 Å². The van der Waals surface area contributed by atoms with E-state index in [0.29, 0.717) is 0 Å². The maximum atomic E-state index is 5.39. The third-order valence-corrected chi connectivity index (χ3v) is 7.73. The van der Waals surface area contributed by atoms with Crippen LogP contribution in [0.15, 0.2) is 97.2 Å². The van der Waals surface area contributed by atoms with Crippen LogP contribution >= 0.6 is 7.92 Å². The fraction of sp³-hybridized carbons (Fsp3) is 0.303. The van der Waals surface area contributed by atoms with Gasteiger partial charge < -0.3 is 21.3 Å². The average Bonchev–Trinajstić information content (AvgIpc) is 2.93. The molecule has 1 aromatic heterocycles. The van der Waals surface area contributed by atoms with Gasteiger partial charge in [-0.15, -0.1) is 5.69 Å². The number of pyridine rings is 1. The van der Waals surface area contributed by atoms with Crippen LogP contribution in [0.4, 0.5) is 5.69 Å². The number of aryl methyl sites for hydroxylation is 3. The molecule has 0 aliphatic rings. The maximum Gasteiger partial charge on any atom is 4.00 e. The number of aromatic nitrogens is 1. The molecule has 0 saturated heterocycles. The molecule has 40 heavy (non-hydrogen) atoms. The minimum atomic E-state index is -0.776. The molecule has 0 fully saturated rings. The van der Waals surface area contributed by atoms with Crippen LogP contribution in [-0.2, 0) is 25.8 Å². The van der Waals surface area contributed by atoms with Crippen LogP contribution < -0.4 is 10.6 Å². The van der Waals surface area contributed by atoms with Gasteiger partial charge in [0.2, 0.25) is 0 Å². The van der Waals surface area contributed by atoms with Gasteiger partial charge in [-0.3, -0.25) is 4.98 Å². The van der Waals surface area contributed by atoms with Gasteiger partial charge >= 0.3 is 25.8 Å². The van der Waals surface area contributed by atoms with E-state index in [1.807, 2.05) is 12.3 Å². The summed E-state index contributed by atoms with van der Waals surface area (Å²) >= 11 is 0. The summed E-state index contributed by atoms with van der Waals surface area (Å²) in [6.07, 6.45) is 1.87. The Hall–Kier alpha value is -2.21. The van der Waals surface area contributed by atoms with Crippen molar-refractivity contribution in [3.8, 4) is 0 Å². The van der Waals surface area contributed by atoms with Crippen molar-refractivity contribution < 1.29 is 25.8 Å². The SMILES string of the molecule is C[N-]C.C[N-]C.C[N-]C.Cc1cc(C)c([N-]C(c2ccccn2)P(c2ccccc2)c2ccccc2)c(C)c1.[Hf+4]. The molecule has 0 amide bonds. The second-order valence-electron chi connectivity index (χ2n) is 8.89. The number of hydrogen-bond acceptors (Lipinski definition) is 1. The van der Waals surface area contributed by atoms with E-state index in [1.165, 1.54) is 27.3 Å². The first-order valence-corrected chi connectivity index (χ1v) is 14.3. The summed E-state index contributed by atoms with van der Waals surface area (Å²) in [5.41, 5.74) is 5.78. The summed E-state index contributed by atoms with van der Waals surface area (Å²) in [6, 6.07) is 32.1. The molecule has 0 N–H and O–H groups in total. The normalized spacial score (nSPS) is 10.3. The first kappa shape index (κ1) is 37.8. The standard InChI is InChI=1S/C27H26N2P.3C2H6N.Hf/c1-20-18-21(2)26(22(3)19-20)29-27(25-16-10-11-17-28-25)30(23-12-6-4-7-13-23)24-14-8-5-9-15-24;3*1-3-2;/h4-19,27H,1-3H3;3*1-2H3;/q4*-1;+4. The zero-order chi connectivity index (χ0) is 29.0. The average molecular weight is 720 g/mol. The Bertz CT molecular complexity index is 1090. The molecule has 0 aliphatic carbocycles. The number of benzene rings is 3. The van der Waals surface area contributed by atoms with Gasteiger partial charge in [-0.05, 0) is 49.3 Å². The van der Waals surface area contributed by atoms with Crippen LogP contribution in [0.5, 0.6) is 0 Å². The molecule has 4 rings (SSSR count). The molecule has 4 aromatic rings. The summed E-state index contributed by atoms with van der Waals surface area (Å²) in [4.78, 5) is 4.75. The van der Waals surface area contributed by atoms with Crippen molar-refractivity contribution in [1.29, 1.82) is 0 Å². The van der Waals surface area contributed by atoms with Gasteiger partial charge in [-0.1, -0.05) is 103 Å². The largest absolute Gasteiger partial charge is 4.00 e. The van der Waals surface area contributed by atoms with Crippen molar-refractivity contribution >= 4 is 24.2 Å². The summed E-state index contributed by atoms with van der Waals surface area (Å²) in [7, 11) is 9.72. The predicted octanol–water partition coefficient (Wildman–Crippen LogP) is 8.70. The molecule has 1 heterocycles. The predicted molar refractivity (Wildman–Crippen MR) is 175 cm³/mol. The quantitative estimate of drug-likeness (QED) is 0.145. The van der Waals surface area contributed by atoms with Crippen molar-refractivity contribution in [2.45, 2.75) is 26.6 Å². The smallest absolute Gasteiger partial charge is 0.672 e. The van der Waals surface area contributed by atoms with Crippen LogP contribution in [0.1, 0.15) is 28.2 Å². The molecule has 1 atom stereocenters. The molecular weight excluding hydrogens is 676 g/mol. The summed E-state index contributed by atoms with van der Waals surface area (Å²) in [5, 5.41) is 18.5. The van der Waals surface area contributed by atoms with E-state index < -0.39 is 7.92 Å². The Labute approximate surface area is 263 Å². The van der Waals surface area contributed by atoms with Crippen molar-refractivity contribution in [3.05, 3.63) is 141 Å². The van der Waals surface area contributed by atoms with Gasteiger partial charge in [0.15, 0.2) is 0 Å². The molecule has 5 nitrogen and oxygen atoms in total. The first-order chi connectivity index (χ1) is 18.9. The Morgan fingerprint density at radius 1 is 0.600 bits per heavy atom. The number of rotatable bonds is 6. The maximum absolute atomic E-state index is 5.39. The topological polar surface area (TPSA) is 69.3 Å². The van der Waals surface area contributed by atoms with Crippen LogP contribution in [0, 0.1) is 20.8 Å². The fourth-order valence-electron chi connectivity index (χ4n) is 3.89. The second-order valence-corrected chi connectivity index (χ2v) is 11.1. The van der Waals surface area contributed by atoms with E-state index in [-0.39, 0.29) is 31.6 Å². The Morgan fingerprint density at radius 3 is 1.38 bits per heavy atom. The molecule has 0 aliphatic heterocycles. The van der Waals surface area contributed by atoms with Gasteiger partial charge in [-0.25, -0.2) is 0 Å². The Kier molecular flexibility index (Phi) is 21.2. The van der Waals surface area contributed by atoms with E-state index in [0.717, 1.165) is 11.4 Å². The zero-order valence-corrected chi connectivity index (χ0v) is 30.0. The van der Waals surface area contributed by atoms with Gasteiger partial charge in [-0.2, -0.15) is 42.3 Å². The van der Waals surface area contributed by atoms with Crippen LogP contribution in [-0.4, -0.2) is 47.3 Å². The van der Waals surface area contributed by atoms with Crippen molar-refractivity contribution in [2.75, 3.05) is 42.3 Å². The van der Waals surface area contributed by atoms with Gasteiger partial charge in [0.1, 0.15) is 0 Å². The zero-order valence-electron chi connectivity index (χ0n) is 25.5. The molecule has 7 heteroatoms. The van der Waals surface area contributed by atoms with Crippen LogP contribution in [0.25, 0.3) is 21.3 Å². The van der Waals surface area contributed by atoms with Crippen LogP contribution in [0.2, 0.25) is 0 Å². The van der Waals surface area contributed by atoms with E-state index in [4.69, 9.17) is 10.3 Å². The van der Waals surface area contributed by atoms with Gasteiger partial charge in [0.05, 0.1) is 0 Å². The monoisotopic (exact) mass is 721 g/mol. The summed E-state index contributed by atoms with van der Waals surface area (Å²) < 4.78 is 0. The fourth-order valence-corrected chi connectivity index (χ4v) is 6.39.